The number of rotatable bonds is 5. The smallest absolute Gasteiger partial charge is 0.255 e. The Morgan fingerprint density at radius 3 is 2.63 bits per heavy atom. The molecule has 4 aromatic rings. The van der Waals surface area contributed by atoms with Crippen molar-refractivity contribution in [3.63, 3.8) is 0 Å². The number of anilines is 2. The number of hydrogen-bond donors (Lipinski definition) is 2. The Morgan fingerprint density at radius 2 is 1.85 bits per heavy atom. The molecule has 2 N–H and O–H groups in total. The van der Waals surface area contributed by atoms with Gasteiger partial charge in [0.25, 0.3) is 5.91 Å². The molecule has 4 rings (SSSR count). The van der Waals surface area contributed by atoms with Crippen LogP contribution in [0.1, 0.15) is 21.9 Å². The number of pyridine rings is 1. The van der Waals surface area contributed by atoms with E-state index in [1.165, 1.54) is 0 Å². The fourth-order valence-corrected chi connectivity index (χ4v) is 2.85. The highest BCUT2D eigenvalue weighted by atomic mass is 16.3. The predicted octanol–water partition coefficient (Wildman–Crippen LogP) is 5.00. The van der Waals surface area contributed by atoms with Crippen LogP contribution >= 0.6 is 0 Å². The summed E-state index contributed by atoms with van der Waals surface area (Å²) >= 11 is 0. The second-order valence-corrected chi connectivity index (χ2v) is 6.29. The molecule has 27 heavy (non-hydrogen) atoms. The van der Waals surface area contributed by atoms with E-state index in [2.05, 4.69) is 15.6 Å². The van der Waals surface area contributed by atoms with Crippen LogP contribution in [0.3, 0.4) is 0 Å². The Labute approximate surface area is 157 Å². The highest BCUT2D eigenvalue weighted by molar-refractivity contribution is 6.05. The molecule has 2 heterocycles. The van der Waals surface area contributed by atoms with Crippen LogP contribution in [0, 0.1) is 6.92 Å². The van der Waals surface area contributed by atoms with E-state index in [9.17, 15) is 4.79 Å². The molecule has 0 aliphatic carbocycles. The molecule has 1 amide bonds. The Kier molecular flexibility index (Phi) is 4.58. The van der Waals surface area contributed by atoms with Gasteiger partial charge < -0.3 is 15.1 Å². The minimum Gasteiger partial charge on any atom is -0.465 e. The second-order valence-electron chi connectivity index (χ2n) is 6.29. The maximum absolute atomic E-state index is 12.3. The maximum atomic E-state index is 12.3. The Morgan fingerprint density at radius 1 is 1.00 bits per heavy atom. The molecular weight excluding hydrogens is 338 g/mol. The van der Waals surface area contributed by atoms with Crippen molar-refractivity contribution in [1.29, 1.82) is 0 Å². The van der Waals surface area contributed by atoms with Crippen LogP contribution in [-0.4, -0.2) is 10.9 Å². The molecule has 0 radical (unpaired) electrons. The van der Waals surface area contributed by atoms with Gasteiger partial charge in [-0.3, -0.25) is 4.79 Å². The molecule has 0 atom stereocenters. The van der Waals surface area contributed by atoms with Gasteiger partial charge in [0, 0.05) is 16.6 Å². The average Bonchev–Trinajstić information content (AvgIpc) is 3.12. The van der Waals surface area contributed by atoms with E-state index in [0.29, 0.717) is 12.1 Å². The molecule has 0 fully saturated rings. The Balaban J connectivity index is 1.47. The van der Waals surface area contributed by atoms with E-state index in [4.69, 9.17) is 4.42 Å². The molecule has 2 aromatic carbocycles. The summed E-state index contributed by atoms with van der Waals surface area (Å²) in [6.45, 7) is 2.50. The molecular formula is C22H19N3O2. The van der Waals surface area contributed by atoms with E-state index in [1.807, 2.05) is 67.6 Å². The summed E-state index contributed by atoms with van der Waals surface area (Å²) < 4.78 is 5.55. The number of nitrogens with one attached hydrogen (secondary N) is 2. The first kappa shape index (κ1) is 16.8. The van der Waals surface area contributed by atoms with E-state index in [0.717, 1.165) is 33.9 Å². The largest absolute Gasteiger partial charge is 0.465 e. The molecule has 134 valence electrons. The summed E-state index contributed by atoms with van der Waals surface area (Å²) in [6.07, 6.45) is 0. The minimum absolute atomic E-state index is 0.130. The van der Waals surface area contributed by atoms with Crippen LogP contribution in [0.5, 0.6) is 0 Å². The van der Waals surface area contributed by atoms with Crippen LogP contribution in [-0.2, 0) is 6.54 Å². The minimum atomic E-state index is -0.130. The molecule has 0 saturated carbocycles. The summed E-state index contributed by atoms with van der Waals surface area (Å²) in [6, 6.07) is 22.6. The van der Waals surface area contributed by atoms with Crippen molar-refractivity contribution in [1.82, 2.24) is 4.98 Å². The SMILES string of the molecule is Cc1ccc(CNc2ccc3cc(NC(=O)c4ccccc4)ccc3n2)o1. The standard InChI is InChI=1S/C22H19N3O2/c1-15-7-10-19(27-15)14-23-21-12-8-17-13-18(9-11-20(17)25-21)24-22(26)16-5-3-2-4-6-16/h2-13H,14H2,1H3,(H,23,25)(H,24,26). The van der Waals surface area contributed by atoms with Crippen molar-refractivity contribution in [2.24, 2.45) is 0 Å². The number of amides is 1. The van der Waals surface area contributed by atoms with Gasteiger partial charge in [-0.1, -0.05) is 18.2 Å². The lowest BCUT2D eigenvalue weighted by atomic mass is 10.1. The van der Waals surface area contributed by atoms with E-state index in [1.54, 1.807) is 12.1 Å². The average molecular weight is 357 g/mol. The highest BCUT2D eigenvalue weighted by Gasteiger charge is 2.07. The van der Waals surface area contributed by atoms with Crippen molar-refractivity contribution in [2.75, 3.05) is 10.6 Å². The second kappa shape index (κ2) is 7.33. The van der Waals surface area contributed by atoms with Crippen molar-refractivity contribution in [3.05, 3.63) is 89.9 Å². The fourth-order valence-electron chi connectivity index (χ4n) is 2.85. The first-order valence-electron chi connectivity index (χ1n) is 8.74. The molecule has 0 spiro atoms. The third kappa shape index (κ3) is 3.98. The van der Waals surface area contributed by atoms with E-state index in [-0.39, 0.29) is 5.91 Å². The molecule has 2 aromatic heterocycles. The summed E-state index contributed by atoms with van der Waals surface area (Å²) in [5, 5.41) is 7.14. The van der Waals surface area contributed by atoms with E-state index >= 15 is 0 Å². The van der Waals surface area contributed by atoms with E-state index < -0.39 is 0 Å². The zero-order valence-electron chi connectivity index (χ0n) is 14.9. The maximum Gasteiger partial charge on any atom is 0.255 e. The number of carbonyl (C=O) groups excluding carboxylic acids is 1. The number of aryl methyl sites for hydroxylation is 1. The zero-order valence-corrected chi connectivity index (χ0v) is 14.9. The number of hydrogen-bond acceptors (Lipinski definition) is 4. The van der Waals surface area contributed by atoms with Gasteiger partial charge in [-0.15, -0.1) is 0 Å². The first-order chi connectivity index (χ1) is 13.2. The Hall–Kier alpha value is -3.60. The lowest BCUT2D eigenvalue weighted by molar-refractivity contribution is 0.102. The van der Waals surface area contributed by atoms with Gasteiger partial charge in [0.1, 0.15) is 17.3 Å². The summed E-state index contributed by atoms with van der Waals surface area (Å²) in [4.78, 5) is 16.9. The summed E-state index contributed by atoms with van der Waals surface area (Å²) in [5.41, 5.74) is 2.22. The third-order valence-corrected chi connectivity index (χ3v) is 4.22. The number of benzene rings is 2. The van der Waals surface area contributed by atoms with Gasteiger partial charge >= 0.3 is 0 Å². The third-order valence-electron chi connectivity index (χ3n) is 4.22. The number of aromatic nitrogens is 1. The van der Waals surface area contributed by atoms with Crippen LogP contribution in [0.15, 0.2) is 77.2 Å². The van der Waals surface area contributed by atoms with Crippen LogP contribution in [0.4, 0.5) is 11.5 Å². The number of carbonyl (C=O) groups is 1. The molecule has 0 saturated heterocycles. The fraction of sp³-hybridized carbons (Fsp3) is 0.0909. The molecule has 0 unspecified atom stereocenters. The lowest BCUT2D eigenvalue weighted by Crippen LogP contribution is -2.11. The molecule has 0 aliphatic heterocycles. The topological polar surface area (TPSA) is 67.2 Å². The monoisotopic (exact) mass is 357 g/mol. The number of nitrogens with zero attached hydrogens (tertiary/aromatic N) is 1. The van der Waals surface area contributed by atoms with Crippen molar-refractivity contribution >= 4 is 28.3 Å². The normalized spacial score (nSPS) is 10.7. The van der Waals surface area contributed by atoms with Gasteiger partial charge in [-0.05, 0) is 61.5 Å². The van der Waals surface area contributed by atoms with Crippen molar-refractivity contribution in [2.45, 2.75) is 13.5 Å². The Bertz CT molecular complexity index is 1090. The summed E-state index contributed by atoms with van der Waals surface area (Å²) in [5.74, 6) is 2.41. The van der Waals surface area contributed by atoms with Crippen LogP contribution in [0.25, 0.3) is 10.9 Å². The van der Waals surface area contributed by atoms with Gasteiger partial charge in [-0.25, -0.2) is 4.98 Å². The zero-order chi connectivity index (χ0) is 18.6. The van der Waals surface area contributed by atoms with Crippen LogP contribution < -0.4 is 10.6 Å². The quantitative estimate of drug-likeness (QED) is 0.527. The highest BCUT2D eigenvalue weighted by Crippen LogP contribution is 2.21. The van der Waals surface area contributed by atoms with Gasteiger partial charge in [-0.2, -0.15) is 0 Å². The predicted molar refractivity (Wildman–Crippen MR) is 107 cm³/mol. The number of furan rings is 1. The van der Waals surface area contributed by atoms with Crippen molar-refractivity contribution < 1.29 is 9.21 Å². The first-order valence-corrected chi connectivity index (χ1v) is 8.74. The molecule has 5 heteroatoms. The number of fused-ring (bicyclic) bond motifs is 1. The summed E-state index contributed by atoms with van der Waals surface area (Å²) in [7, 11) is 0. The molecule has 5 nitrogen and oxygen atoms in total. The van der Waals surface area contributed by atoms with Gasteiger partial charge in [0.05, 0.1) is 12.1 Å². The van der Waals surface area contributed by atoms with Gasteiger partial charge in [0.2, 0.25) is 0 Å². The van der Waals surface area contributed by atoms with Crippen LogP contribution in [0.2, 0.25) is 0 Å². The lowest BCUT2D eigenvalue weighted by Gasteiger charge is -2.08. The molecule has 0 bridgehead atoms. The molecule has 0 aliphatic rings. The van der Waals surface area contributed by atoms with Crippen molar-refractivity contribution in [3.8, 4) is 0 Å². The van der Waals surface area contributed by atoms with Gasteiger partial charge in [0.15, 0.2) is 0 Å².